The molecular formula is C25H30F2N8O. The first kappa shape index (κ1) is 24.1. The lowest BCUT2D eigenvalue weighted by atomic mass is 10.1. The number of benzene rings is 1. The molecule has 0 bridgehead atoms. The van der Waals surface area contributed by atoms with E-state index in [1.807, 2.05) is 28.9 Å². The van der Waals surface area contributed by atoms with Crippen LogP contribution in [0.25, 0.3) is 11.9 Å². The van der Waals surface area contributed by atoms with Gasteiger partial charge in [0.1, 0.15) is 17.5 Å². The smallest absolute Gasteiger partial charge is 0.224 e. The van der Waals surface area contributed by atoms with Crippen molar-refractivity contribution < 1.29 is 13.9 Å². The van der Waals surface area contributed by atoms with E-state index in [0.717, 1.165) is 30.4 Å². The minimum absolute atomic E-state index is 0.157. The van der Waals surface area contributed by atoms with Crippen LogP contribution in [0.5, 0.6) is 0 Å². The molecule has 1 aromatic carbocycles. The van der Waals surface area contributed by atoms with Crippen molar-refractivity contribution >= 4 is 23.5 Å². The maximum Gasteiger partial charge on any atom is 0.224 e. The molecule has 2 fully saturated rings. The van der Waals surface area contributed by atoms with Crippen molar-refractivity contribution in [1.29, 1.82) is 0 Å². The van der Waals surface area contributed by atoms with Gasteiger partial charge in [0.2, 0.25) is 5.95 Å². The Kier molecular flexibility index (Phi) is 6.59. The molecule has 1 atom stereocenters. The number of nitrogen functional groups attached to an aromatic ring is 1. The number of piperazine rings is 1. The van der Waals surface area contributed by atoms with Gasteiger partial charge in [-0.1, -0.05) is 12.2 Å². The van der Waals surface area contributed by atoms with E-state index in [-0.39, 0.29) is 18.1 Å². The second-order valence-electron chi connectivity index (χ2n) is 9.42. The van der Waals surface area contributed by atoms with Crippen LogP contribution < -0.4 is 15.5 Å². The van der Waals surface area contributed by atoms with E-state index in [9.17, 15) is 13.9 Å². The van der Waals surface area contributed by atoms with Crippen molar-refractivity contribution in [1.82, 2.24) is 24.6 Å². The number of β-amino-alcohol motifs (C(OH)–C–C–N with tert-alkyl or cyclic N) is 1. The first-order chi connectivity index (χ1) is 17.3. The summed E-state index contributed by atoms with van der Waals surface area (Å²) in [5, 5.41) is 14.1. The SMILES string of the molecule is Cc1c(/C=C/CN2CCN(c3cc(F)cc(F)c3)C[C@@H]2C)cnn1-c1cc(N2CC(O)C2)nc(N)n1. The number of anilines is 3. The fraction of sp³-hybridized carbons (Fsp3) is 0.400. The van der Waals surface area contributed by atoms with E-state index in [1.54, 1.807) is 10.9 Å². The number of halogens is 2. The van der Waals surface area contributed by atoms with Crippen LogP contribution in [0.2, 0.25) is 0 Å². The zero-order valence-corrected chi connectivity index (χ0v) is 20.3. The van der Waals surface area contributed by atoms with Gasteiger partial charge in [-0.05, 0) is 26.0 Å². The Labute approximate surface area is 208 Å². The summed E-state index contributed by atoms with van der Waals surface area (Å²) in [7, 11) is 0. The molecule has 3 N–H and O–H groups in total. The summed E-state index contributed by atoms with van der Waals surface area (Å²) in [5.41, 5.74) is 8.40. The third-order valence-electron chi connectivity index (χ3n) is 6.78. The highest BCUT2D eigenvalue weighted by Gasteiger charge is 2.27. The second kappa shape index (κ2) is 9.82. The molecule has 190 valence electrons. The van der Waals surface area contributed by atoms with Gasteiger partial charge in [0.05, 0.1) is 18.0 Å². The zero-order valence-electron chi connectivity index (χ0n) is 20.3. The molecule has 0 aliphatic carbocycles. The highest BCUT2D eigenvalue weighted by molar-refractivity contribution is 5.55. The highest BCUT2D eigenvalue weighted by atomic mass is 19.1. The lowest BCUT2D eigenvalue weighted by molar-refractivity contribution is 0.141. The minimum atomic E-state index is -0.556. The van der Waals surface area contributed by atoms with Gasteiger partial charge in [0.15, 0.2) is 5.82 Å². The summed E-state index contributed by atoms with van der Waals surface area (Å²) >= 11 is 0. The predicted octanol–water partition coefficient (Wildman–Crippen LogP) is 2.24. The Hall–Kier alpha value is -3.57. The number of hydrogen-bond donors (Lipinski definition) is 2. The molecule has 0 saturated carbocycles. The third kappa shape index (κ3) is 5.02. The first-order valence-corrected chi connectivity index (χ1v) is 12.0. The molecule has 5 rings (SSSR count). The topological polar surface area (TPSA) is 99.6 Å². The average molecular weight is 497 g/mol. The van der Waals surface area contributed by atoms with Crippen LogP contribution in [0, 0.1) is 18.6 Å². The van der Waals surface area contributed by atoms with Crippen molar-refractivity contribution in [3.05, 3.63) is 59.4 Å². The number of aromatic nitrogens is 4. The summed E-state index contributed by atoms with van der Waals surface area (Å²) in [5.74, 6) is 0.293. The number of nitrogens with zero attached hydrogens (tertiary/aromatic N) is 7. The van der Waals surface area contributed by atoms with Crippen molar-refractivity contribution in [3.8, 4) is 5.82 Å². The molecule has 36 heavy (non-hydrogen) atoms. The largest absolute Gasteiger partial charge is 0.389 e. The van der Waals surface area contributed by atoms with Gasteiger partial charge in [-0.15, -0.1) is 0 Å². The molecule has 0 unspecified atom stereocenters. The molecule has 0 spiro atoms. The Morgan fingerprint density at radius 3 is 2.44 bits per heavy atom. The summed E-state index contributed by atoms with van der Waals surface area (Å²) < 4.78 is 29.0. The van der Waals surface area contributed by atoms with Gasteiger partial charge >= 0.3 is 0 Å². The van der Waals surface area contributed by atoms with E-state index in [4.69, 9.17) is 5.73 Å². The predicted molar refractivity (Wildman–Crippen MR) is 135 cm³/mol. The fourth-order valence-corrected chi connectivity index (χ4v) is 4.71. The number of nitrogens with two attached hydrogens (primary N) is 1. The molecule has 2 aliphatic rings. The monoisotopic (exact) mass is 496 g/mol. The molecule has 0 amide bonds. The Morgan fingerprint density at radius 1 is 1.03 bits per heavy atom. The minimum Gasteiger partial charge on any atom is -0.389 e. The quantitative estimate of drug-likeness (QED) is 0.536. The van der Waals surface area contributed by atoms with Crippen LogP contribution >= 0.6 is 0 Å². The number of aliphatic hydroxyl groups is 1. The Morgan fingerprint density at radius 2 is 1.75 bits per heavy atom. The molecule has 0 radical (unpaired) electrons. The Balaban J connectivity index is 1.22. The van der Waals surface area contributed by atoms with E-state index in [2.05, 4.69) is 33.0 Å². The first-order valence-electron chi connectivity index (χ1n) is 12.0. The van der Waals surface area contributed by atoms with Crippen LogP contribution in [-0.2, 0) is 0 Å². The van der Waals surface area contributed by atoms with Crippen LogP contribution in [0.3, 0.4) is 0 Å². The van der Waals surface area contributed by atoms with E-state index in [0.29, 0.717) is 43.5 Å². The summed E-state index contributed by atoms with van der Waals surface area (Å²) in [4.78, 5) is 14.9. The maximum absolute atomic E-state index is 13.6. The van der Waals surface area contributed by atoms with Gasteiger partial charge in [-0.2, -0.15) is 15.1 Å². The van der Waals surface area contributed by atoms with Crippen LogP contribution in [0.4, 0.5) is 26.2 Å². The third-order valence-corrected chi connectivity index (χ3v) is 6.78. The summed E-state index contributed by atoms with van der Waals surface area (Å²) in [6, 6.07) is 5.70. The average Bonchev–Trinajstić information content (AvgIpc) is 3.17. The van der Waals surface area contributed by atoms with E-state index in [1.165, 1.54) is 12.1 Å². The molecule has 9 nitrogen and oxygen atoms in total. The number of aliphatic hydroxyl groups excluding tert-OH is 1. The molecular weight excluding hydrogens is 466 g/mol. The van der Waals surface area contributed by atoms with Crippen LogP contribution in [0.1, 0.15) is 18.2 Å². The second-order valence-corrected chi connectivity index (χ2v) is 9.42. The highest BCUT2D eigenvalue weighted by Crippen LogP contribution is 2.24. The van der Waals surface area contributed by atoms with E-state index >= 15 is 0 Å². The van der Waals surface area contributed by atoms with Gasteiger partial charge in [0, 0.05) is 68.7 Å². The van der Waals surface area contributed by atoms with Gasteiger partial charge in [-0.3, -0.25) is 4.90 Å². The van der Waals surface area contributed by atoms with Crippen molar-refractivity contribution in [2.45, 2.75) is 26.0 Å². The standard InChI is InChI=1S/C25H30F2N8O/c1-16-13-33(21-9-19(26)8-20(27)10-21)7-6-32(16)5-3-4-18-12-29-35(17(18)2)24-11-23(30-25(28)31-24)34-14-22(36)15-34/h3-4,8-12,16,22,36H,5-7,13-15H2,1-2H3,(H2,28,30,31)/b4-3+/t16-/m0/s1. The zero-order chi connectivity index (χ0) is 25.4. The van der Waals surface area contributed by atoms with Gasteiger partial charge in [-0.25, -0.2) is 13.5 Å². The van der Waals surface area contributed by atoms with Crippen LogP contribution in [-0.4, -0.2) is 81.2 Å². The molecule has 3 aromatic rings. The van der Waals surface area contributed by atoms with E-state index < -0.39 is 11.6 Å². The van der Waals surface area contributed by atoms with Gasteiger partial charge in [0.25, 0.3) is 0 Å². The number of hydrogen-bond acceptors (Lipinski definition) is 8. The Bertz CT molecular complexity index is 1250. The lowest BCUT2D eigenvalue weighted by Crippen LogP contribution is -2.51. The molecule has 2 aromatic heterocycles. The van der Waals surface area contributed by atoms with Crippen LogP contribution in [0.15, 0.2) is 36.5 Å². The number of rotatable bonds is 6. The lowest BCUT2D eigenvalue weighted by Gasteiger charge is -2.40. The molecule has 4 heterocycles. The molecule has 2 aliphatic heterocycles. The summed E-state index contributed by atoms with van der Waals surface area (Å²) in [6.07, 6.45) is 5.58. The molecule has 2 saturated heterocycles. The summed E-state index contributed by atoms with van der Waals surface area (Å²) in [6.45, 7) is 8.06. The maximum atomic E-state index is 13.6. The fourth-order valence-electron chi connectivity index (χ4n) is 4.71. The van der Waals surface area contributed by atoms with Gasteiger partial charge < -0.3 is 20.6 Å². The normalized spacial score (nSPS) is 19.3. The van der Waals surface area contributed by atoms with Crippen molar-refractivity contribution in [2.24, 2.45) is 0 Å². The van der Waals surface area contributed by atoms with Crippen molar-refractivity contribution in [2.75, 3.05) is 54.8 Å². The molecule has 11 heteroatoms. The van der Waals surface area contributed by atoms with Crippen molar-refractivity contribution in [3.63, 3.8) is 0 Å².